The van der Waals surface area contributed by atoms with Crippen molar-refractivity contribution in [2.75, 3.05) is 0 Å². The number of carboxylic acids is 1. The van der Waals surface area contributed by atoms with Crippen LogP contribution in [0.5, 0.6) is 11.5 Å². The third-order valence-electron chi connectivity index (χ3n) is 5.39. The van der Waals surface area contributed by atoms with E-state index in [1.165, 1.54) is 0 Å². The SMILES string of the molecule is CC(C)CC(C(=O)O)c1cc(C(F)(F)F)c(Oc2ccc(Cl)c(C(F)(F)F)c2)cc1-c1ccccc1. The highest BCUT2D eigenvalue weighted by atomic mass is 35.5. The summed E-state index contributed by atoms with van der Waals surface area (Å²) < 4.78 is 87.4. The lowest BCUT2D eigenvalue weighted by Crippen LogP contribution is -2.17. The van der Waals surface area contributed by atoms with E-state index in [1.54, 1.807) is 44.2 Å². The van der Waals surface area contributed by atoms with Gasteiger partial charge in [0.25, 0.3) is 0 Å². The first-order chi connectivity index (χ1) is 16.7. The van der Waals surface area contributed by atoms with E-state index in [1.807, 2.05) is 0 Å². The summed E-state index contributed by atoms with van der Waals surface area (Å²) in [7, 11) is 0. The molecule has 3 aromatic carbocycles. The van der Waals surface area contributed by atoms with Gasteiger partial charge in [-0.2, -0.15) is 26.3 Å². The number of carboxylic acid groups (broad SMARTS) is 1. The number of halogens is 7. The second kappa shape index (κ2) is 10.4. The highest BCUT2D eigenvalue weighted by Gasteiger charge is 2.38. The predicted molar refractivity (Wildman–Crippen MR) is 123 cm³/mol. The van der Waals surface area contributed by atoms with Crippen molar-refractivity contribution in [3.8, 4) is 22.6 Å². The average molecular weight is 531 g/mol. The highest BCUT2D eigenvalue weighted by molar-refractivity contribution is 6.31. The smallest absolute Gasteiger partial charge is 0.419 e. The molecule has 3 aromatic rings. The lowest BCUT2D eigenvalue weighted by atomic mass is 9.84. The van der Waals surface area contributed by atoms with E-state index in [0.29, 0.717) is 17.7 Å². The van der Waals surface area contributed by atoms with Crippen molar-refractivity contribution in [3.05, 3.63) is 82.4 Å². The first kappa shape index (κ1) is 27.4. The zero-order valence-corrected chi connectivity index (χ0v) is 19.8. The van der Waals surface area contributed by atoms with Crippen LogP contribution in [0.1, 0.15) is 42.9 Å². The third-order valence-corrected chi connectivity index (χ3v) is 5.72. The van der Waals surface area contributed by atoms with E-state index in [0.717, 1.165) is 18.2 Å². The van der Waals surface area contributed by atoms with Gasteiger partial charge in [0, 0.05) is 0 Å². The first-order valence-corrected chi connectivity index (χ1v) is 11.1. The molecule has 0 amide bonds. The van der Waals surface area contributed by atoms with E-state index in [4.69, 9.17) is 16.3 Å². The van der Waals surface area contributed by atoms with Crippen LogP contribution in [0.15, 0.2) is 60.7 Å². The maximum atomic E-state index is 14.1. The van der Waals surface area contributed by atoms with Crippen LogP contribution in [-0.2, 0) is 17.1 Å². The number of aliphatic carboxylic acids is 1. The number of rotatable bonds is 7. The minimum Gasteiger partial charge on any atom is -0.481 e. The van der Waals surface area contributed by atoms with Gasteiger partial charge in [-0.3, -0.25) is 4.79 Å². The number of alkyl halides is 6. The van der Waals surface area contributed by atoms with Crippen molar-refractivity contribution >= 4 is 17.6 Å². The molecule has 0 aliphatic rings. The Balaban J connectivity index is 2.27. The minimum atomic E-state index is -4.99. The number of benzene rings is 3. The fourth-order valence-corrected chi connectivity index (χ4v) is 4.03. The molecule has 192 valence electrons. The molecule has 0 aromatic heterocycles. The van der Waals surface area contributed by atoms with Gasteiger partial charge in [0.15, 0.2) is 0 Å². The van der Waals surface area contributed by atoms with Gasteiger partial charge in [0.1, 0.15) is 11.5 Å². The molecule has 0 saturated carbocycles. The Kier molecular flexibility index (Phi) is 7.93. The second-order valence-corrected chi connectivity index (χ2v) is 8.97. The van der Waals surface area contributed by atoms with E-state index in [2.05, 4.69) is 0 Å². The number of ether oxygens (including phenoxy) is 1. The summed E-state index contributed by atoms with van der Waals surface area (Å²) in [6, 6.07) is 12.3. The van der Waals surface area contributed by atoms with Crippen LogP contribution in [0.4, 0.5) is 26.3 Å². The molecule has 1 unspecified atom stereocenters. The topological polar surface area (TPSA) is 46.5 Å². The second-order valence-electron chi connectivity index (χ2n) is 8.56. The Bertz CT molecular complexity index is 1240. The largest absolute Gasteiger partial charge is 0.481 e. The molecule has 10 heteroatoms. The molecular weight excluding hydrogens is 510 g/mol. The molecule has 1 N–H and O–H groups in total. The molecule has 0 bridgehead atoms. The van der Waals surface area contributed by atoms with Crippen molar-refractivity contribution in [2.24, 2.45) is 5.92 Å². The van der Waals surface area contributed by atoms with Gasteiger partial charge in [-0.25, -0.2) is 0 Å². The molecule has 0 aliphatic heterocycles. The summed E-state index contributed by atoms with van der Waals surface area (Å²) in [6.45, 7) is 3.50. The zero-order chi connectivity index (χ0) is 26.8. The van der Waals surface area contributed by atoms with Crippen molar-refractivity contribution in [3.63, 3.8) is 0 Å². The maximum absolute atomic E-state index is 14.1. The van der Waals surface area contributed by atoms with Crippen LogP contribution in [0.3, 0.4) is 0 Å². The van der Waals surface area contributed by atoms with E-state index in [9.17, 15) is 36.2 Å². The fraction of sp³-hybridized carbons (Fsp3) is 0.269. The first-order valence-electron chi connectivity index (χ1n) is 10.8. The summed E-state index contributed by atoms with van der Waals surface area (Å²) in [5, 5.41) is 9.21. The van der Waals surface area contributed by atoms with Crippen LogP contribution in [-0.4, -0.2) is 11.1 Å². The van der Waals surface area contributed by atoms with E-state index < -0.39 is 51.9 Å². The van der Waals surface area contributed by atoms with E-state index >= 15 is 0 Å². The fourth-order valence-electron chi connectivity index (χ4n) is 3.80. The molecule has 3 rings (SSSR count). The van der Waals surface area contributed by atoms with Crippen molar-refractivity contribution < 1.29 is 41.0 Å². The van der Waals surface area contributed by atoms with E-state index in [-0.39, 0.29) is 23.5 Å². The summed E-state index contributed by atoms with van der Waals surface area (Å²) in [5.74, 6) is -3.98. The molecule has 0 radical (unpaired) electrons. The van der Waals surface area contributed by atoms with Crippen LogP contribution >= 0.6 is 11.6 Å². The Hall–Kier alpha value is -3.20. The van der Waals surface area contributed by atoms with Gasteiger partial charge >= 0.3 is 18.3 Å². The number of hydrogen-bond acceptors (Lipinski definition) is 2. The monoisotopic (exact) mass is 530 g/mol. The Morgan fingerprint density at radius 1 is 0.917 bits per heavy atom. The van der Waals surface area contributed by atoms with Crippen LogP contribution in [0, 0.1) is 5.92 Å². The van der Waals surface area contributed by atoms with Gasteiger partial charge < -0.3 is 9.84 Å². The summed E-state index contributed by atoms with van der Waals surface area (Å²) >= 11 is 5.61. The molecule has 0 fully saturated rings. The van der Waals surface area contributed by atoms with Crippen LogP contribution in [0.25, 0.3) is 11.1 Å². The number of carbonyl (C=O) groups is 1. The van der Waals surface area contributed by atoms with Gasteiger partial charge in [-0.05, 0) is 59.4 Å². The van der Waals surface area contributed by atoms with Crippen molar-refractivity contribution in [1.82, 2.24) is 0 Å². The lowest BCUT2D eigenvalue weighted by molar-refractivity contribution is -0.140. The van der Waals surface area contributed by atoms with Gasteiger partial charge in [-0.1, -0.05) is 55.8 Å². The Labute approximate surface area is 208 Å². The molecule has 1 atom stereocenters. The minimum absolute atomic E-state index is 0.0682. The van der Waals surface area contributed by atoms with Crippen molar-refractivity contribution in [1.29, 1.82) is 0 Å². The van der Waals surface area contributed by atoms with Crippen molar-refractivity contribution in [2.45, 2.75) is 38.5 Å². The molecule has 36 heavy (non-hydrogen) atoms. The summed E-state index contributed by atoms with van der Waals surface area (Å²) in [6.07, 6.45) is -9.77. The standard InChI is InChI=1S/C26H21ClF6O3/c1-14(2)10-19(24(34)35)18-12-21(26(31,32)33)23(13-17(18)15-6-4-3-5-7-15)36-16-8-9-22(27)20(11-16)25(28,29)30/h3-9,11-14,19H,10H2,1-2H3,(H,34,35). The normalized spacial score (nSPS) is 13.1. The van der Waals surface area contributed by atoms with Gasteiger partial charge in [0.2, 0.25) is 0 Å². The summed E-state index contributed by atoms with van der Waals surface area (Å²) in [4.78, 5) is 12.1. The number of hydrogen-bond donors (Lipinski definition) is 1. The molecule has 0 spiro atoms. The van der Waals surface area contributed by atoms with Crippen LogP contribution < -0.4 is 4.74 Å². The molecule has 0 saturated heterocycles. The Morgan fingerprint density at radius 3 is 2.06 bits per heavy atom. The summed E-state index contributed by atoms with van der Waals surface area (Å²) in [5.41, 5.74) is -2.06. The molecule has 0 heterocycles. The van der Waals surface area contributed by atoms with Gasteiger partial charge in [-0.15, -0.1) is 0 Å². The quantitative estimate of drug-likeness (QED) is 0.310. The van der Waals surface area contributed by atoms with Gasteiger partial charge in [0.05, 0.1) is 22.1 Å². The maximum Gasteiger partial charge on any atom is 0.419 e. The molecular formula is C26H21ClF6O3. The highest BCUT2D eigenvalue weighted by Crippen LogP contribution is 2.46. The Morgan fingerprint density at radius 2 is 1.53 bits per heavy atom. The average Bonchev–Trinajstić information content (AvgIpc) is 2.77. The van der Waals surface area contributed by atoms with Crippen LogP contribution in [0.2, 0.25) is 5.02 Å². The lowest BCUT2D eigenvalue weighted by Gasteiger charge is -2.23. The third kappa shape index (κ3) is 6.32. The predicted octanol–water partition coefficient (Wildman–Crippen LogP) is 9.05. The molecule has 3 nitrogen and oxygen atoms in total. The molecule has 0 aliphatic carbocycles. The zero-order valence-electron chi connectivity index (χ0n) is 19.0.